The molecule has 2 fully saturated rings. The summed E-state index contributed by atoms with van der Waals surface area (Å²) in [7, 11) is 0. The molecule has 7 nitrogen and oxygen atoms in total. The maximum Gasteiger partial charge on any atom is 0.295 e. The van der Waals surface area contributed by atoms with Gasteiger partial charge >= 0.3 is 0 Å². The number of likely N-dealkylation sites (tertiary alicyclic amines) is 1. The van der Waals surface area contributed by atoms with E-state index in [2.05, 4.69) is 13.8 Å². The lowest BCUT2D eigenvalue weighted by atomic mass is 9.93. The predicted molar refractivity (Wildman–Crippen MR) is 121 cm³/mol. The van der Waals surface area contributed by atoms with Gasteiger partial charge in [0.15, 0.2) is 11.5 Å². The van der Waals surface area contributed by atoms with Crippen molar-refractivity contribution in [1.82, 2.24) is 4.90 Å². The lowest BCUT2D eigenvalue weighted by molar-refractivity contribution is -0.140. The number of carbonyl (C=O) groups excluding carboxylic acids is 2. The predicted octanol–water partition coefficient (Wildman–Crippen LogP) is 4.14. The second-order valence-corrected chi connectivity index (χ2v) is 8.98. The average molecular weight is 450 g/mol. The van der Waals surface area contributed by atoms with Crippen molar-refractivity contribution in [2.45, 2.75) is 44.8 Å². The molecule has 0 saturated carbocycles. The number of amides is 1. The van der Waals surface area contributed by atoms with E-state index in [1.807, 2.05) is 24.3 Å². The van der Waals surface area contributed by atoms with Gasteiger partial charge in [0.2, 0.25) is 6.79 Å². The van der Waals surface area contributed by atoms with Crippen LogP contribution < -0.4 is 9.47 Å². The number of aliphatic hydroxyl groups excluding tert-OH is 1. The number of aliphatic hydroxyl groups is 1. The topological polar surface area (TPSA) is 85.3 Å². The van der Waals surface area contributed by atoms with Crippen LogP contribution >= 0.6 is 0 Å². The molecule has 5 rings (SSSR count). The molecule has 1 N–H and O–H groups in total. The first kappa shape index (κ1) is 21.5. The number of Topliss-reactive ketones (excluding diaryl/α,β-unsaturated/α-hetero) is 1. The van der Waals surface area contributed by atoms with Gasteiger partial charge in [0.25, 0.3) is 11.7 Å². The van der Waals surface area contributed by atoms with Gasteiger partial charge in [-0.1, -0.05) is 38.1 Å². The molecule has 2 aromatic rings. The summed E-state index contributed by atoms with van der Waals surface area (Å²) in [5, 5.41) is 11.2. The molecule has 2 saturated heterocycles. The number of ketones is 1. The smallest absolute Gasteiger partial charge is 0.295 e. The molecule has 0 spiro atoms. The molecule has 2 atom stereocenters. The number of hydrogen-bond donors (Lipinski definition) is 1. The van der Waals surface area contributed by atoms with E-state index in [4.69, 9.17) is 14.2 Å². The zero-order chi connectivity index (χ0) is 23.1. The minimum Gasteiger partial charge on any atom is -0.507 e. The molecular weight excluding hydrogens is 422 g/mol. The Hall–Kier alpha value is -3.32. The van der Waals surface area contributed by atoms with E-state index in [0.717, 1.165) is 24.0 Å². The Kier molecular flexibility index (Phi) is 5.58. The number of rotatable bonds is 5. The number of benzene rings is 2. The summed E-state index contributed by atoms with van der Waals surface area (Å²) in [6, 6.07) is 12.2. The third-order valence-corrected chi connectivity index (χ3v) is 6.53. The van der Waals surface area contributed by atoms with Crippen molar-refractivity contribution in [2.75, 3.05) is 19.9 Å². The molecule has 1 amide bonds. The van der Waals surface area contributed by atoms with Crippen LogP contribution in [0.15, 0.2) is 48.0 Å². The van der Waals surface area contributed by atoms with Gasteiger partial charge in [-0.25, -0.2) is 0 Å². The van der Waals surface area contributed by atoms with Crippen molar-refractivity contribution < 1.29 is 28.9 Å². The molecule has 2 unspecified atom stereocenters. The second-order valence-electron chi connectivity index (χ2n) is 8.98. The van der Waals surface area contributed by atoms with Gasteiger partial charge in [0.1, 0.15) is 5.76 Å². The van der Waals surface area contributed by atoms with Crippen LogP contribution in [0, 0.1) is 0 Å². The molecule has 172 valence electrons. The van der Waals surface area contributed by atoms with Crippen LogP contribution in [0.4, 0.5) is 0 Å². The van der Waals surface area contributed by atoms with Crippen LogP contribution in [0.3, 0.4) is 0 Å². The maximum atomic E-state index is 13.2. The standard InChI is InChI=1S/C26H27NO6/c1-15(2)16-5-7-17(8-6-16)23-22(24(28)18-9-10-20-21(12-18)33-14-32-20)25(29)26(30)27(23)13-19-4-3-11-31-19/h5-10,12,15,19,23,28H,3-4,11,13-14H2,1-2H3/b24-22-. The summed E-state index contributed by atoms with van der Waals surface area (Å²) < 4.78 is 16.5. The summed E-state index contributed by atoms with van der Waals surface area (Å²) in [5.41, 5.74) is 2.41. The summed E-state index contributed by atoms with van der Waals surface area (Å²) in [5.74, 6) is -0.117. The van der Waals surface area contributed by atoms with Gasteiger partial charge in [-0.15, -0.1) is 0 Å². The van der Waals surface area contributed by atoms with Gasteiger partial charge in [0, 0.05) is 18.7 Å². The number of hydrogen-bond acceptors (Lipinski definition) is 6. The van der Waals surface area contributed by atoms with Gasteiger partial charge in [-0.05, 0) is 48.1 Å². The number of ether oxygens (including phenoxy) is 3. The van der Waals surface area contributed by atoms with Crippen molar-refractivity contribution in [1.29, 1.82) is 0 Å². The normalized spacial score (nSPS) is 23.7. The maximum absolute atomic E-state index is 13.2. The largest absolute Gasteiger partial charge is 0.507 e. The van der Waals surface area contributed by atoms with Crippen molar-refractivity contribution in [3.8, 4) is 11.5 Å². The molecule has 3 heterocycles. The van der Waals surface area contributed by atoms with Gasteiger partial charge in [0.05, 0.1) is 17.7 Å². The van der Waals surface area contributed by atoms with Crippen LogP contribution in [0.2, 0.25) is 0 Å². The molecule has 3 aliphatic rings. The van der Waals surface area contributed by atoms with E-state index < -0.39 is 17.7 Å². The van der Waals surface area contributed by atoms with E-state index >= 15 is 0 Å². The Morgan fingerprint density at radius 3 is 2.55 bits per heavy atom. The second kappa shape index (κ2) is 8.56. The molecule has 3 aliphatic heterocycles. The summed E-state index contributed by atoms with van der Waals surface area (Å²) in [6.45, 7) is 5.28. The van der Waals surface area contributed by atoms with E-state index in [9.17, 15) is 14.7 Å². The Balaban J connectivity index is 1.59. The molecule has 2 aromatic carbocycles. The zero-order valence-electron chi connectivity index (χ0n) is 18.7. The minimum atomic E-state index is -0.694. The monoisotopic (exact) mass is 449 g/mol. The van der Waals surface area contributed by atoms with Crippen molar-refractivity contribution in [2.24, 2.45) is 0 Å². The van der Waals surface area contributed by atoms with E-state index in [1.165, 1.54) is 0 Å². The molecule has 0 bridgehead atoms. The van der Waals surface area contributed by atoms with Crippen molar-refractivity contribution >= 4 is 17.4 Å². The fourth-order valence-electron chi connectivity index (χ4n) is 4.69. The fraction of sp³-hybridized carbons (Fsp3) is 0.385. The number of nitrogens with zero attached hydrogens (tertiary/aromatic N) is 1. The first-order valence-electron chi connectivity index (χ1n) is 11.3. The van der Waals surface area contributed by atoms with Gasteiger partial charge in [-0.3, -0.25) is 9.59 Å². The SMILES string of the molecule is CC(C)c1ccc(C2/C(=C(/O)c3ccc4c(c3)OCO4)C(=O)C(=O)N2CC2CCCO2)cc1. The Morgan fingerprint density at radius 2 is 1.85 bits per heavy atom. The van der Waals surface area contributed by atoms with Crippen LogP contribution in [0.1, 0.15) is 55.3 Å². The third-order valence-electron chi connectivity index (χ3n) is 6.53. The quantitative estimate of drug-likeness (QED) is 0.420. The highest BCUT2D eigenvalue weighted by Crippen LogP contribution is 2.42. The molecule has 0 radical (unpaired) electrons. The summed E-state index contributed by atoms with van der Waals surface area (Å²) >= 11 is 0. The Bertz CT molecular complexity index is 1110. The average Bonchev–Trinajstić information content (AvgIpc) is 3.55. The highest BCUT2D eigenvalue weighted by Gasteiger charge is 2.47. The Labute approximate surface area is 192 Å². The van der Waals surface area contributed by atoms with Gasteiger partial charge < -0.3 is 24.2 Å². The van der Waals surface area contributed by atoms with Gasteiger partial charge in [-0.2, -0.15) is 0 Å². The first-order chi connectivity index (χ1) is 15.9. The molecular formula is C26H27NO6. The molecule has 0 aromatic heterocycles. The first-order valence-corrected chi connectivity index (χ1v) is 11.3. The van der Waals surface area contributed by atoms with E-state index in [-0.39, 0.29) is 24.2 Å². The lowest BCUT2D eigenvalue weighted by Crippen LogP contribution is -2.36. The third kappa shape index (κ3) is 3.86. The minimum absolute atomic E-state index is 0.0779. The fourth-order valence-corrected chi connectivity index (χ4v) is 4.69. The summed E-state index contributed by atoms with van der Waals surface area (Å²) in [6.07, 6.45) is 1.65. The van der Waals surface area contributed by atoms with Crippen LogP contribution in [-0.4, -0.2) is 47.7 Å². The molecule has 7 heteroatoms. The van der Waals surface area contributed by atoms with Crippen LogP contribution in [0.5, 0.6) is 11.5 Å². The highest BCUT2D eigenvalue weighted by atomic mass is 16.7. The summed E-state index contributed by atoms with van der Waals surface area (Å²) in [4.78, 5) is 27.9. The Morgan fingerprint density at radius 1 is 1.09 bits per heavy atom. The van der Waals surface area contributed by atoms with Crippen molar-refractivity contribution in [3.05, 3.63) is 64.7 Å². The van der Waals surface area contributed by atoms with E-state index in [1.54, 1.807) is 23.1 Å². The van der Waals surface area contributed by atoms with E-state index in [0.29, 0.717) is 36.1 Å². The highest BCUT2D eigenvalue weighted by molar-refractivity contribution is 6.46. The van der Waals surface area contributed by atoms with Crippen molar-refractivity contribution in [3.63, 3.8) is 0 Å². The molecule has 0 aliphatic carbocycles. The zero-order valence-corrected chi connectivity index (χ0v) is 18.7. The van der Waals surface area contributed by atoms with Crippen LogP contribution in [-0.2, 0) is 14.3 Å². The molecule has 33 heavy (non-hydrogen) atoms. The lowest BCUT2D eigenvalue weighted by Gasteiger charge is -2.27. The van der Waals surface area contributed by atoms with Crippen LogP contribution in [0.25, 0.3) is 5.76 Å². The number of fused-ring (bicyclic) bond motifs is 1. The number of carbonyl (C=O) groups is 2.